The molecular formula is C14H17N3O2. The van der Waals surface area contributed by atoms with Gasteiger partial charge in [-0.1, -0.05) is 6.92 Å². The summed E-state index contributed by atoms with van der Waals surface area (Å²) in [4.78, 5) is 20.8. The van der Waals surface area contributed by atoms with Crippen molar-refractivity contribution in [2.24, 2.45) is 0 Å². The highest BCUT2D eigenvalue weighted by molar-refractivity contribution is 5.87. The van der Waals surface area contributed by atoms with Crippen molar-refractivity contribution in [3.63, 3.8) is 0 Å². The number of fused-ring (bicyclic) bond motifs is 1. The molecule has 100 valence electrons. The maximum Gasteiger partial charge on any atom is 0.319 e. The van der Waals surface area contributed by atoms with Gasteiger partial charge in [0.25, 0.3) is 0 Å². The molecule has 0 radical (unpaired) electrons. The molecule has 0 bridgehead atoms. The summed E-state index contributed by atoms with van der Waals surface area (Å²) in [6, 6.07) is 1.95. The predicted octanol–water partition coefficient (Wildman–Crippen LogP) is 2.05. The first-order valence-electron chi connectivity index (χ1n) is 6.62. The highest BCUT2D eigenvalue weighted by atomic mass is 16.5. The second kappa shape index (κ2) is 4.33. The van der Waals surface area contributed by atoms with Crippen LogP contribution in [0.25, 0.3) is 11.0 Å². The summed E-state index contributed by atoms with van der Waals surface area (Å²) < 4.78 is 7.09. The first-order chi connectivity index (χ1) is 9.23. The smallest absolute Gasteiger partial charge is 0.319 e. The molecule has 2 aromatic rings. The second-order valence-corrected chi connectivity index (χ2v) is 5.03. The fourth-order valence-corrected chi connectivity index (χ4v) is 2.64. The number of hydrogen-bond acceptors (Lipinski definition) is 4. The maximum absolute atomic E-state index is 12.0. The van der Waals surface area contributed by atoms with Crippen molar-refractivity contribution in [2.75, 3.05) is 7.11 Å². The number of imidazole rings is 1. The van der Waals surface area contributed by atoms with Gasteiger partial charge in [0.2, 0.25) is 0 Å². The van der Waals surface area contributed by atoms with Crippen LogP contribution in [0.1, 0.15) is 32.0 Å². The third kappa shape index (κ3) is 1.72. The molecule has 0 amide bonds. The zero-order valence-electron chi connectivity index (χ0n) is 11.2. The van der Waals surface area contributed by atoms with E-state index in [9.17, 15) is 4.79 Å². The molecule has 0 unspecified atom stereocenters. The number of aromatic nitrogens is 3. The van der Waals surface area contributed by atoms with Gasteiger partial charge in [0.15, 0.2) is 0 Å². The lowest BCUT2D eigenvalue weighted by Crippen LogP contribution is -2.26. The number of carbonyl (C=O) groups excluding carboxylic acids is 1. The van der Waals surface area contributed by atoms with Gasteiger partial charge in [-0.2, -0.15) is 0 Å². The van der Waals surface area contributed by atoms with E-state index < -0.39 is 5.41 Å². The molecule has 1 saturated carbocycles. The largest absolute Gasteiger partial charge is 0.468 e. The predicted molar refractivity (Wildman–Crippen MR) is 70.7 cm³/mol. The Morgan fingerprint density at radius 1 is 1.53 bits per heavy atom. The average Bonchev–Trinajstić information content (AvgIpc) is 3.17. The van der Waals surface area contributed by atoms with Crippen LogP contribution in [0.2, 0.25) is 0 Å². The standard InChI is InChI=1S/C14H17N3O2/c1-3-8-17-11-4-7-15-9-10(11)16-12(17)14(5-6-14)13(18)19-2/h4,7,9H,3,5-6,8H2,1-2H3. The van der Waals surface area contributed by atoms with Crippen molar-refractivity contribution in [1.82, 2.24) is 14.5 Å². The Morgan fingerprint density at radius 2 is 2.32 bits per heavy atom. The molecule has 2 heterocycles. The molecule has 0 saturated heterocycles. The van der Waals surface area contributed by atoms with E-state index >= 15 is 0 Å². The van der Waals surface area contributed by atoms with E-state index in [2.05, 4.69) is 21.5 Å². The minimum Gasteiger partial charge on any atom is -0.468 e. The number of nitrogens with zero attached hydrogens (tertiary/aromatic N) is 3. The van der Waals surface area contributed by atoms with Gasteiger partial charge in [0.05, 0.1) is 18.8 Å². The molecule has 0 N–H and O–H groups in total. The Kier molecular flexibility index (Phi) is 2.77. The molecule has 5 heteroatoms. The van der Waals surface area contributed by atoms with Gasteiger partial charge in [0, 0.05) is 12.7 Å². The molecule has 1 aliphatic rings. The van der Waals surface area contributed by atoms with E-state index in [1.807, 2.05) is 6.07 Å². The van der Waals surface area contributed by atoms with E-state index in [-0.39, 0.29) is 5.97 Å². The molecule has 3 rings (SSSR count). The number of pyridine rings is 1. The molecule has 1 aliphatic carbocycles. The average molecular weight is 259 g/mol. The number of aryl methyl sites for hydroxylation is 1. The van der Waals surface area contributed by atoms with Gasteiger partial charge in [-0.3, -0.25) is 9.78 Å². The van der Waals surface area contributed by atoms with Crippen molar-refractivity contribution >= 4 is 17.0 Å². The lowest BCUT2D eigenvalue weighted by atomic mass is 10.1. The maximum atomic E-state index is 12.0. The van der Waals surface area contributed by atoms with Crippen LogP contribution in [0.15, 0.2) is 18.5 Å². The Hall–Kier alpha value is -1.91. The van der Waals surface area contributed by atoms with Crippen LogP contribution in [0.4, 0.5) is 0 Å². The Labute approximate surface area is 111 Å². The highest BCUT2D eigenvalue weighted by Crippen LogP contribution is 2.49. The van der Waals surface area contributed by atoms with Crippen LogP contribution in [0, 0.1) is 0 Å². The number of hydrogen-bond donors (Lipinski definition) is 0. The van der Waals surface area contributed by atoms with Crippen molar-refractivity contribution in [3.8, 4) is 0 Å². The zero-order chi connectivity index (χ0) is 13.5. The molecule has 19 heavy (non-hydrogen) atoms. The van der Waals surface area contributed by atoms with Crippen LogP contribution in [-0.4, -0.2) is 27.6 Å². The molecule has 0 atom stereocenters. The summed E-state index contributed by atoms with van der Waals surface area (Å²) in [6.07, 6.45) is 6.15. The van der Waals surface area contributed by atoms with E-state index in [4.69, 9.17) is 4.74 Å². The summed E-state index contributed by atoms with van der Waals surface area (Å²) in [6.45, 7) is 2.98. The van der Waals surface area contributed by atoms with Crippen LogP contribution in [0.3, 0.4) is 0 Å². The molecular weight excluding hydrogens is 242 g/mol. The van der Waals surface area contributed by atoms with E-state index in [0.29, 0.717) is 0 Å². The molecule has 0 aliphatic heterocycles. The quantitative estimate of drug-likeness (QED) is 0.788. The SMILES string of the molecule is CCCn1c(C2(C(=O)OC)CC2)nc2cnccc21. The zero-order valence-corrected chi connectivity index (χ0v) is 11.2. The van der Waals surface area contributed by atoms with Gasteiger partial charge >= 0.3 is 5.97 Å². The van der Waals surface area contributed by atoms with Gasteiger partial charge in [-0.15, -0.1) is 0 Å². The van der Waals surface area contributed by atoms with Gasteiger partial charge in [-0.05, 0) is 25.3 Å². The Balaban J connectivity index is 2.18. The topological polar surface area (TPSA) is 57.0 Å². The fourth-order valence-electron chi connectivity index (χ4n) is 2.64. The fraction of sp³-hybridized carbons (Fsp3) is 0.500. The summed E-state index contributed by atoms with van der Waals surface area (Å²) >= 11 is 0. The summed E-state index contributed by atoms with van der Waals surface area (Å²) in [5.41, 5.74) is 1.37. The molecule has 5 nitrogen and oxygen atoms in total. The molecule has 2 aromatic heterocycles. The summed E-state index contributed by atoms with van der Waals surface area (Å²) in [5, 5.41) is 0. The minimum atomic E-state index is -0.525. The Morgan fingerprint density at radius 3 is 2.95 bits per heavy atom. The third-order valence-corrected chi connectivity index (χ3v) is 3.75. The van der Waals surface area contributed by atoms with Crippen LogP contribution < -0.4 is 0 Å². The number of rotatable bonds is 4. The minimum absolute atomic E-state index is 0.173. The second-order valence-electron chi connectivity index (χ2n) is 5.03. The van der Waals surface area contributed by atoms with Gasteiger partial charge in [0.1, 0.15) is 16.8 Å². The van der Waals surface area contributed by atoms with Crippen LogP contribution in [0.5, 0.6) is 0 Å². The van der Waals surface area contributed by atoms with Crippen molar-refractivity contribution in [3.05, 3.63) is 24.3 Å². The first kappa shape index (κ1) is 12.1. The van der Waals surface area contributed by atoms with E-state index in [1.165, 1.54) is 7.11 Å². The monoisotopic (exact) mass is 259 g/mol. The van der Waals surface area contributed by atoms with Crippen molar-refractivity contribution < 1.29 is 9.53 Å². The number of ether oxygens (including phenoxy) is 1. The number of carbonyl (C=O) groups is 1. The normalized spacial score (nSPS) is 16.5. The Bertz CT molecular complexity index is 629. The highest BCUT2D eigenvalue weighted by Gasteiger charge is 2.56. The summed E-state index contributed by atoms with van der Waals surface area (Å²) in [7, 11) is 1.44. The first-order valence-corrected chi connectivity index (χ1v) is 6.62. The van der Waals surface area contributed by atoms with Crippen molar-refractivity contribution in [1.29, 1.82) is 0 Å². The van der Waals surface area contributed by atoms with Gasteiger partial charge < -0.3 is 9.30 Å². The third-order valence-electron chi connectivity index (χ3n) is 3.75. The molecule has 0 aromatic carbocycles. The van der Waals surface area contributed by atoms with Crippen LogP contribution >= 0.6 is 0 Å². The summed E-state index contributed by atoms with van der Waals surface area (Å²) in [5.74, 6) is 0.664. The lowest BCUT2D eigenvalue weighted by molar-refractivity contribution is -0.144. The van der Waals surface area contributed by atoms with E-state index in [1.54, 1.807) is 12.4 Å². The van der Waals surface area contributed by atoms with Gasteiger partial charge in [-0.25, -0.2) is 4.98 Å². The van der Waals surface area contributed by atoms with Crippen molar-refractivity contribution in [2.45, 2.75) is 38.1 Å². The molecule has 0 spiro atoms. The lowest BCUT2D eigenvalue weighted by Gasteiger charge is -2.14. The number of esters is 1. The number of methoxy groups -OCH3 is 1. The molecule has 1 fully saturated rings. The van der Waals surface area contributed by atoms with Crippen LogP contribution in [-0.2, 0) is 21.5 Å². The van der Waals surface area contributed by atoms with E-state index in [0.717, 1.165) is 42.7 Å².